The number of nitriles is 1. The number of aromatic amines is 1. The number of rotatable bonds is 4. The fraction of sp³-hybridized carbons (Fsp3) is 0.214. The Labute approximate surface area is 121 Å². The lowest BCUT2D eigenvalue weighted by atomic mass is 10.3. The molecule has 0 aliphatic heterocycles. The molecule has 0 saturated heterocycles. The van der Waals surface area contributed by atoms with Crippen molar-refractivity contribution in [2.24, 2.45) is 0 Å². The van der Waals surface area contributed by atoms with Crippen LogP contribution in [0.4, 0.5) is 11.6 Å². The van der Waals surface area contributed by atoms with Crippen LogP contribution in [0.15, 0.2) is 24.3 Å². The normalized spacial score (nSPS) is 10.7. The summed E-state index contributed by atoms with van der Waals surface area (Å²) in [4.78, 5) is 7.59. The van der Waals surface area contributed by atoms with Gasteiger partial charge in [0.1, 0.15) is 11.6 Å². The third kappa shape index (κ3) is 2.17. The quantitative estimate of drug-likeness (QED) is 0.678. The lowest BCUT2D eigenvalue weighted by Crippen LogP contribution is -2.05. The Bertz CT molecular complexity index is 789. The smallest absolute Gasteiger partial charge is 0.231 e. The van der Waals surface area contributed by atoms with Crippen molar-refractivity contribution in [3.63, 3.8) is 0 Å². The molecule has 7 nitrogen and oxygen atoms in total. The van der Waals surface area contributed by atoms with Crippen molar-refractivity contribution in [2.45, 2.75) is 13.3 Å². The van der Waals surface area contributed by atoms with Crippen molar-refractivity contribution in [3.05, 3.63) is 29.8 Å². The molecule has 2 heterocycles. The number of anilines is 2. The van der Waals surface area contributed by atoms with Gasteiger partial charge in [-0.1, -0.05) is 19.1 Å². The van der Waals surface area contributed by atoms with E-state index in [1.54, 1.807) is 0 Å². The number of para-hydroxylation sites is 2. The molecule has 4 N–H and O–H groups in total. The second kappa shape index (κ2) is 5.17. The number of imidazole rings is 1. The van der Waals surface area contributed by atoms with E-state index in [1.165, 1.54) is 4.68 Å². The van der Waals surface area contributed by atoms with Crippen LogP contribution < -0.4 is 11.1 Å². The first kappa shape index (κ1) is 13.0. The molecule has 0 spiro atoms. The molecule has 7 heteroatoms. The van der Waals surface area contributed by atoms with Crippen LogP contribution in [0.5, 0.6) is 0 Å². The van der Waals surface area contributed by atoms with Crippen LogP contribution in [0, 0.1) is 11.3 Å². The number of hydrogen-bond acceptors (Lipinski definition) is 5. The Morgan fingerprint density at radius 2 is 2.24 bits per heavy atom. The van der Waals surface area contributed by atoms with Gasteiger partial charge >= 0.3 is 0 Å². The van der Waals surface area contributed by atoms with E-state index in [0.29, 0.717) is 17.3 Å². The van der Waals surface area contributed by atoms with Gasteiger partial charge in [-0.05, 0) is 18.6 Å². The van der Waals surface area contributed by atoms with E-state index in [0.717, 1.165) is 24.0 Å². The van der Waals surface area contributed by atoms with Gasteiger partial charge in [0.2, 0.25) is 5.95 Å². The van der Waals surface area contributed by atoms with Crippen LogP contribution in [0.3, 0.4) is 0 Å². The summed E-state index contributed by atoms with van der Waals surface area (Å²) in [5.74, 6) is 1.25. The molecule has 3 aromatic rings. The van der Waals surface area contributed by atoms with Gasteiger partial charge in [0.15, 0.2) is 11.6 Å². The fourth-order valence-electron chi connectivity index (χ4n) is 2.11. The first-order valence-corrected chi connectivity index (χ1v) is 6.72. The number of nitrogens with one attached hydrogen (secondary N) is 2. The predicted molar refractivity (Wildman–Crippen MR) is 81.1 cm³/mol. The van der Waals surface area contributed by atoms with E-state index < -0.39 is 0 Å². The molecule has 0 aliphatic rings. The van der Waals surface area contributed by atoms with Crippen LogP contribution in [-0.2, 0) is 0 Å². The van der Waals surface area contributed by atoms with Crippen LogP contribution >= 0.6 is 0 Å². The SMILES string of the molecule is CCCNc1nn(-c2nc3ccccc3[nH]2)c(N)c1C#N. The molecule has 0 unspecified atom stereocenters. The van der Waals surface area contributed by atoms with Gasteiger partial charge in [0, 0.05) is 6.54 Å². The Morgan fingerprint density at radius 3 is 2.95 bits per heavy atom. The Balaban J connectivity index is 2.09. The van der Waals surface area contributed by atoms with Gasteiger partial charge in [-0.2, -0.15) is 9.94 Å². The molecule has 2 aromatic heterocycles. The van der Waals surface area contributed by atoms with Crippen LogP contribution in [-0.4, -0.2) is 26.3 Å². The molecule has 0 saturated carbocycles. The minimum absolute atomic E-state index is 0.273. The van der Waals surface area contributed by atoms with Crippen molar-refractivity contribution in [2.75, 3.05) is 17.6 Å². The van der Waals surface area contributed by atoms with Gasteiger partial charge < -0.3 is 16.0 Å². The topological polar surface area (TPSA) is 108 Å². The molecule has 21 heavy (non-hydrogen) atoms. The van der Waals surface area contributed by atoms with Gasteiger partial charge in [0.05, 0.1) is 11.0 Å². The van der Waals surface area contributed by atoms with Crippen molar-refractivity contribution in [1.82, 2.24) is 19.7 Å². The molecule has 0 fully saturated rings. The summed E-state index contributed by atoms with van der Waals surface area (Å²) in [7, 11) is 0. The van der Waals surface area contributed by atoms with E-state index in [2.05, 4.69) is 26.5 Å². The molecule has 0 amide bonds. The van der Waals surface area contributed by atoms with Gasteiger partial charge in [-0.15, -0.1) is 5.10 Å². The summed E-state index contributed by atoms with van der Waals surface area (Å²) in [5.41, 5.74) is 8.07. The van der Waals surface area contributed by atoms with E-state index in [9.17, 15) is 5.26 Å². The molecule has 0 bridgehead atoms. The first-order chi connectivity index (χ1) is 10.2. The second-order valence-corrected chi connectivity index (χ2v) is 4.64. The number of hydrogen-bond donors (Lipinski definition) is 3. The van der Waals surface area contributed by atoms with E-state index >= 15 is 0 Å². The minimum atomic E-state index is 0.273. The van der Waals surface area contributed by atoms with Gasteiger partial charge in [0.25, 0.3) is 0 Å². The summed E-state index contributed by atoms with van der Waals surface area (Å²) in [6.07, 6.45) is 0.933. The van der Waals surface area contributed by atoms with Crippen LogP contribution in [0.25, 0.3) is 17.0 Å². The number of benzene rings is 1. The molecule has 0 radical (unpaired) electrons. The standard InChI is InChI=1S/C14H15N7/c1-2-7-17-13-9(8-15)12(16)21(20-13)14-18-10-5-3-4-6-11(10)19-14/h3-6H,2,7,16H2,1H3,(H,17,20)(H,18,19). The number of H-pyrrole nitrogens is 1. The van der Waals surface area contributed by atoms with E-state index in [-0.39, 0.29) is 5.82 Å². The number of nitrogens with zero attached hydrogens (tertiary/aromatic N) is 4. The van der Waals surface area contributed by atoms with E-state index in [1.807, 2.05) is 31.2 Å². The van der Waals surface area contributed by atoms with Crippen molar-refractivity contribution in [1.29, 1.82) is 5.26 Å². The average molecular weight is 281 g/mol. The second-order valence-electron chi connectivity index (χ2n) is 4.64. The van der Waals surface area contributed by atoms with Crippen LogP contribution in [0.2, 0.25) is 0 Å². The third-order valence-corrected chi connectivity index (χ3v) is 3.15. The predicted octanol–water partition coefficient (Wildman–Crippen LogP) is 2.02. The molecule has 0 atom stereocenters. The van der Waals surface area contributed by atoms with Crippen molar-refractivity contribution in [3.8, 4) is 12.0 Å². The Hall–Kier alpha value is -3.01. The summed E-state index contributed by atoms with van der Waals surface area (Å²) in [6.45, 7) is 2.77. The summed E-state index contributed by atoms with van der Waals surface area (Å²) in [6, 6.07) is 9.74. The van der Waals surface area contributed by atoms with Crippen LogP contribution in [0.1, 0.15) is 18.9 Å². The zero-order chi connectivity index (χ0) is 14.8. The molecule has 0 aliphatic carbocycles. The number of nitrogens with two attached hydrogens (primary N) is 1. The Morgan fingerprint density at radius 1 is 1.43 bits per heavy atom. The molecular formula is C14H15N7. The highest BCUT2D eigenvalue weighted by Gasteiger charge is 2.18. The molecule has 3 rings (SSSR count). The monoisotopic (exact) mass is 281 g/mol. The van der Waals surface area contributed by atoms with Crippen molar-refractivity contribution < 1.29 is 0 Å². The first-order valence-electron chi connectivity index (χ1n) is 6.72. The van der Waals surface area contributed by atoms with Gasteiger partial charge in [-0.25, -0.2) is 4.98 Å². The van der Waals surface area contributed by atoms with Gasteiger partial charge in [-0.3, -0.25) is 0 Å². The summed E-state index contributed by atoms with van der Waals surface area (Å²) >= 11 is 0. The summed E-state index contributed by atoms with van der Waals surface area (Å²) in [5, 5.41) is 16.7. The Kier molecular flexibility index (Phi) is 3.20. The highest BCUT2D eigenvalue weighted by atomic mass is 15.4. The zero-order valence-corrected chi connectivity index (χ0v) is 11.6. The number of fused-ring (bicyclic) bond motifs is 1. The summed E-state index contributed by atoms with van der Waals surface area (Å²) < 4.78 is 1.45. The third-order valence-electron chi connectivity index (χ3n) is 3.15. The molecule has 106 valence electrons. The molecule has 1 aromatic carbocycles. The van der Waals surface area contributed by atoms with E-state index in [4.69, 9.17) is 5.73 Å². The lowest BCUT2D eigenvalue weighted by molar-refractivity contribution is 0.835. The molecular weight excluding hydrogens is 266 g/mol. The lowest BCUT2D eigenvalue weighted by Gasteiger charge is -1.99. The minimum Gasteiger partial charge on any atom is -0.382 e. The maximum Gasteiger partial charge on any atom is 0.231 e. The number of aromatic nitrogens is 4. The average Bonchev–Trinajstić information content (AvgIpc) is 3.05. The maximum absolute atomic E-state index is 9.24. The maximum atomic E-state index is 9.24. The highest BCUT2D eigenvalue weighted by molar-refractivity contribution is 5.76. The number of nitrogen functional groups attached to an aromatic ring is 1. The zero-order valence-electron chi connectivity index (χ0n) is 11.6. The highest BCUT2D eigenvalue weighted by Crippen LogP contribution is 2.24. The fourth-order valence-corrected chi connectivity index (χ4v) is 2.11. The van der Waals surface area contributed by atoms with Crippen molar-refractivity contribution >= 4 is 22.7 Å². The largest absolute Gasteiger partial charge is 0.382 e.